The van der Waals surface area contributed by atoms with Crippen LogP contribution in [-0.4, -0.2) is 23.9 Å². The van der Waals surface area contributed by atoms with Gasteiger partial charge in [-0.2, -0.15) is 0 Å². The molecule has 1 aliphatic rings. The van der Waals surface area contributed by atoms with Gasteiger partial charge in [-0.15, -0.1) is 0 Å². The molecule has 1 atom stereocenters. The molecule has 2 aromatic carbocycles. The lowest BCUT2D eigenvalue weighted by Crippen LogP contribution is -2.42. The average molecular weight is 401 g/mol. The van der Waals surface area contributed by atoms with E-state index in [0.29, 0.717) is 5.11 Å². The van der Waals surface area contributed by atoms with Gasteiger partial charge < -0.3 is 24.8 Å². The zero-order chi connectivity index (χ0) is 20.3. The van der Waals surface area contributed by atoms with Gasteiger partial charge >= 0.3 is 0 Å². The number of nitrogens with one attached hydrogen (secondary N) is 2. The Hall–Kier alpha value is -2.47. The fourth-order valence-electron chi connectivity index (χ4n) is 3.30. The minimum atomic E-state index is -0.303. The van der Waals surface area contributed by atoms with Gasteiger partial charge in [-0.25, -0.2) is 0 Å². The summed E-state index contributed by atoms with van der Waals surface area (Å²) in [5, 5.41) is 7.25. The summed E-state index contributed by atoms with van der Waals surface area (Å²) < 4.78 is 17.1. The van der Waals surface area contributed by atoms with Gasteiger partial charge in [0.2, 0.25) is 0 Å². The van der Waals surface area contributed by atoms with Crippen LogP contribution in [0.5, 0.6) is 17.2 Å². The van der Waals surface area contributed by atoms with Crippen LogP contribution >= 0.6 is 12.2 Å². The summed E-state index contributed by atoms with van der Waals surface area (Å²) in [7, 11) is 1.65. The minimum absolute atomic E-state index is 0.0493. The number of rotatable bonds is 5. The zero-order valence-corrected chi connectivity index (χ0v) is 17.9. The summed E-state index contributed by atoms with van der Waals surface area (Å²) in [6, 6.07) is 13.7. The summed E-state index contributed by atoms with van der Waals surface area (Å²) in [4.78, 5) is 0. The van der Waals surface area contributed by atoms with E-state index in [2.05, 4.69) is 24.5 Å². The van der Waals surface area contributed by atoms with E-state index in [1.165, 1.54) is 0 Å². The standard InChI is InChI=1S/C22H28N2O3S/c1-14(2)26-16-8-6-15(7-9-16)23-21(28)24-19-13-22(3,4)27-20-12-17(25-5)10-11-18(19)20/h6-12,14,19H,13H2,1-5H3,(H2,23,24,28)/t19-/m1/s1. The topological polar surface area (TPSA) is 51.8 Å². The second-order valence-corrected chi connectivity index (χ2v) is 8.22. The van der Waals surface area contributed by atoms with Crippen LogP contribution < -0.4 is 24.8 Å². The van der Waals surface area contributed by atoms with Crippen molar-refractivity contribution in [3.8, 4) is 17.2 Å². The number of fused-ring (bicyclic) bond motifs is 1. The fraction of sp³-hybridized carbons (Fsp3) is 0.409. The quantitative estimate of drug-likeness (QED) is 0.684. The molecule has 1 aliphatic heterocycles. The normalized spacial score (nSPS) is 17.3. The summed E-state index contributed by atoms with van der Waals surface area (Å²) in [5.41, 5.74) is 1.68. The second kappa shape index (κ2) is 8.27. The van der Waals surface area contributed by atoms with Crippen molar-refractivity contribution in [3.63, 3.8) is 0 Å². The Balaban J connectivity index is 1.70. The first-order valence-corrected chi connectivity index (χ1v) is 9.88. The predicted molar refractivity (Wildman–Crippen MR) is 117 cm³/mol. The Labute approximate surface area is 172 Å². The van der Waals surface area contributed by atoms with E-state index in [-0.39, 0.29) is 17.7 Å². The van der Waals surface area contributed by atoms with Gasteiger partial charge in [0.15, 0.2) is 5.11 Å². The smallest absolute Gasteiger partial charge is 0.171 e. The van der Waals surface area contributed by atoms with Crippen LogP contribution in [0.25, 0.3) is 0 Å². The number of hydrogen-bond acceptors (Lipinski definition) is 4. The van der Waals surface area contributed by atoms with Crippen LogP contribution in [0.3, 0.4) is 0 Å². The Kier molecular flexibility index (Phi) is 5.98. The second-order valence-electron chi connectivity index (χ2n) is 7.81. The van der Waals surface area contributed by atoms with Crippen LogP contribution in [0.2, 0.25) is 0 Å². The molecule has 1 heterocycles. The molecule has 0 saturated heterocycles. The van der Waals surface area contributed by atoms with Gasteiger partial charge in [-0.3, -0.25) is 0 Å². The van der Waals surface area contributed by atoms with E-state index in [1.807, 2.05) is 56.3 Å². The van der Waals surface area contributed by atoms with Gasteiger partial charge in [-0.1, -0.05) is 0 Å². The molecule has 0 fully saturated rings. The van der Waals surface area contributed by atoms with Crippen LogP contribution in [0, 0.1) is 0 Å². The molecule has 150 valence electrons. The lowest BCUT2D eigenvalue weighted by Gasteiger charge is -2.38. The summed E-state index contributed by atoms with van der Waals surface area (Å²) >= 11 is 5.55. The molecule has 0 amide bonds. The molecule has 0 aromatic heterocycles. The molecule has 3 rings (SSSR count). The largest absolute Gasteiger partial charge is 0.497 e. The van der Waals surface area contributed by atoms with Crippen LogP contribution in [0.4, 0.5) is 5.69 Å². The predicted octanol–water partition coefficient (Wildman–Crippen LogP) is 5.07. The maximum atomic E-state index is 6.14. The van der Waals surface area contributed by atoms with Crippen molar-refractivity contribution in [3.05, 3.63) is 48.0 Å². The Bertz CT molecular complexity index is 834. The summed E-state index contributed by atoms with van der Waals surface area (Å²) in [5.74, 6) is 2.44. The average Bonchev–Trinajstić information content (AvgIpc) is 2.61. The lowest BCUT2D eigenvalue weighted by molar-refractivity contribution is 0.0693. The van der Waals surface area contributed by atoms with Gasteiger partial charge in [0.25, 0.3) is 0 Å². The van der Waals surface area contributed by atoms with Gasteiger partial charge in [0, 0.05) is 23.7 Å². The van der Waals surface area contributed by atoms with Crippen molar-refractivity contribution >= 4 is 23.0 Å². The van der Waals surface area contributed by atoms with Crippen LogP contribution in [-0.2, 0) is 0 Å². The molecule has 0 aliphatic carbocycles. The lowest BCUT2D eigenvalue weighted by atomic mass is 9.89. The number of benzene rings is 2. The van der Waals surface area contributed by atoms with Crippen molar-refractivity contribution in [1.82, 2.24) is 5.32 Å². The first kappa shape index (κ1) is 20.3. The summed E-state index contributed by atoms with van der Waals surface area (Å²) in [6.07, 6.45) is 0.951. The van der Waals surface area contributed by atoms with E-state index >= 15 is 0 Å². The van der Waals surface area contributed by atoms with Crippen molar-refractivity contribution < 1.29 is 14.2 Å². The van der Waals surface area contributed by atoms with Crippen molar-refractivity contribution in [2.75, 3.05) is 12.4 Å². The number of hydrogen-bond donors (Lipinski definition) is 2. The van der Waals surface area contributed by atoms with Crippen molar-refractivity contribution in [1.29, 1.82) is 0 Å². The first-order chi connectivity index (χ1) is 13.3. The van der Waals surface area contributed by atoms with E-state index < -0.39 is 0 Å². The molecule has 0 bridgehead atoms. The van der Waals surface area contributed by atoms with Crippen molar-refractivity contribution in [2.24, 2.45) is 0 Å². The first-order valence-electron chi connectivity index (χ1n) is 9.47. The summed E-state index contributed by atoms with van der Waals surface area (Å²) in [6.45, 7) is 8.17. The number of thiocarbonyl (C=S) groups is 1. The maximum Gasteiger partial charge on any atom is 0.171 e. The van der Waals surface area contributed by atoms with E-state index in [0.717, 1.165) is 34.9 Å². The van der Waals surface area contributed by atoms with Crippen molar-refractivity contribution in [2.45, 2.75) is 51.9 Å². The highest BCUT2D eigenvalue weighted by molar-refractivity contribution is 7.80. The highest BCUT2D eigenvalue weighted by Gasteiger charge is 2.34. The van der Waals surface area contributed by atoms with E-state index in [1.54, 1.807) is 7.11 Å². The molecule has 0 spiro atoms. The molecule has 2 aromatic rings. The molecule has 0 saturated carbocycles. The Morgan fingerprint density at radius 1 is 1.14 bits per heavy atom. The van der Waals surface area contributed by atoms with Gasteiger partial charge in [-0.05, 0) is 76.3 Å². The van der Waals surface area contributed by atoms with E-state index in [9.17, 15) is 0 Å². The fourth-order valence-corrected chi connectivity index (χ4v) is 3.56. The molecule has 6 heteroatoms. The molecule has 5 nitrogen and oxygen atoms in total. The minimum Gasteiger partial charge on any atom is -0.497 e. The molecular weight excluding hydrogens is 372 g/mol. The highest BCUT2D eigenvalue weighted by Crippen LogP contribution is 2.41. The third kappa shape index (κ3) is 5.07. The van der Waals surface area contributed by atoms with Gasteiger partial charge in [0.1, 0.15) is 22.8 Å². The monoisotopic (exact) mass is 400 g/mol. The zero-order valence-electron chi connectivity index (χ0n) is 17.0. The van der Waals surface area contributed by atoms with Crippen LogP contribution in [0.1, 0.15) is 45.7 Å². The third-order valence-corrected chi connectivity index (χ3v) is 4.69. The molecule has 2 N–H and O–H groups in total. The molecule has 0 radical (unpaired) electrons. The number of anilines is 1. The Morgan fingerprint density at radius 3 is 2.46 bits per heavy atom. The molecule has 28 heavy (non-hydrogen) atoms. The number of ether oxygens (including phenoxy) is 3. The SMILES string of the molecule is COc1ccc2c(c1)OC(C)(C)C[C@H]2NC(=S)Nc1ccc(OC(C)C)cc1. The third-order valence-electron chi connectivity index (χ3n) is 4.47. The maximum absolute atomic E-state index is 6.14. The Morgan fingerprint density at radius 2 is 1.82 bits per heavy atom. The number of methoxy groups -OCH3 is 1. The molecular formula is C22H28N2O3S. The highest BCUT2D eigenvalue weighted by atomic mass is 32.1. The van der Waals surface area contributed by atoms with Gasteiger partial charge in [0.05, 0.1) is 19.3 Å². The van der Waals surface area contributed by atoms with Crippen LogP contribution in [0.15, 0.2) is 42.5 Å². The molecule has 0 unspecified atom stereocenters. The van der Waals surface area contributed by atoms with E-state index in [4.69, 9.17) is 26.4 Å².